The molecule has 1 atom stereocenters. The number of anilines is 1. The van der Waals surface area contributed by atoms with Crippen LogP contribution in [0.5, 0.6) is 0 Å². The molecule has 3 heteroatoms. The third-order valence-electron chi connectivity index (χ3n) is 2.71. The fraction of sp³-hybridized carbons (Fsp3) is 0.571. The van der Waals surface area contributed by atoms with E-state index in [2.05, 4.69) is 39.2 Å². The van der Waals surface area contributed by atoms with Gasteiger partial charge in [0.05, 0.1) is 0 Å². The third-order valence-corrected chi connectivity index (χ3v) is 4.96. The number of benzene rings is 1. The Bertz CT molecular complexity index is 329. The molecule has 0 amide bonds. The van der Waals surface area contributed by atoms with Gasteiger partial charge in [0.15, 0.2) is 4.75 Å². The van der Waals surface area contributed by atoms with Crippen molar-refractivity contribution in [1.29, 1.82) is 0 Å². The van der Waals surface area contributed by atoms with Crippen LogP contribution in [-0.4, -0.2) is 17.6 Å². The fourth-order valence-electron chi connectivity index (χ4n) is 1.32. The average molecular weight is 254 g/mol. The van der Waals surface area contributed by atoms with Crippen LogP contribution in [0.4, 0.5) is 5.69 Å². The first-order chi connectivity index (χ1) is 7.89. The lowest BCUT2D eigenvalue weighted by molar-refractivity contribution is 0.345. The summed E-state index contributed by atoms with van der Waals surface area (Å²) in [4.78, 5) is 0. The summed E-state index contributed by atoms with van der Waals surface area (Å²) in [6.07, 6.45) is 4.29. The van der Waals surface area contributed by atoms with Crippen LogP contribution in [0.25, 0.3) is 0 Å². The lowest BCUT2D eigenvalue weighted by Crippen LogP contribution is -2.29. The molecular formula is C14H24NOS+. The molecule has 0 aromatic heterocycles. The Morgan fingerprint density at radius 2 is 1.76 bits per heavy atom. The summed E-state index contributed by atoms with van der Waals surface area (Å²) in [7, 11) is 0. The molecule has 0 radical (unpaired) electrons. The molecule has 0 heterocycles. The summed E-state index contributed by atoms with van der Waals surface area (Å²) in [5.74, 6) is 0. The predicted octanol–water partition coefficient (Wildman–Crippen LogP) is 3.18. The van der Waals surface area contributed by atoms with Crippen molar-refractivity contribution in [2.75, 3.05) is 18.6 Å². The van der Waals surface area contributed by atoms with Gasteiger partial charge >= 0.3 is 0 Å². The van der Waals surface area contributed by atoms with Crippen LogP contribution < -0.4 is 5.73 Å². The van der Waals surface area contributed by atoms with Crippen LogP contribution in [0.15, 0.2) is 24.3 Å². The number of nitrogen functional groups attached to an aromatic ring is 1. The molecule has 1 aromatic carbocycles. The van der Waals surface area contributed by atoms with Gasteiger partial charge in [-0.3, -0.25) is 0 Å². The summed E-state index contributed by atoms with van der Waals surface area (Å²) in [5, 5.41) is 0. The third kappa shape index (κ3) is 5.46. The van der Waals surface area contributed by atoms with E-state index in [0.29, 0.717) is 0 Å². The first-order valence-electron chi connectivity index (χ1n) is 6.03. The molecule has 0 saturated carbocycles. The normalized spacial score (nSPS) is 13.6. The lowest BCUT2D eigenvalue weighted by Gasteiger charge is -2.15. The van der Waals surface area contributed by atoms with E-state index in [9.17, 15) is 0 Å². The van der Waals surface area contributed by atoms with Gasteiger partial charge in [-0.15, -0.1) is 0 Å². The highest BCUT2D eigenvalue weighted by Crippen LogP contribution is 2.18. The zero-order valence-electron chi connectivity index (χ0n) is 11.3. The van der Waals surface area contributed by atoms with Crippen LogP contribution in [0, 0.1) is 0 Å². The molecule has 0 aliphatic carbocycles. The molecule has 1 unspecified atom stereocenters. The number of hydrogen-bond donors (Lipinski definition) is 1. The van der Waals surface area contributed by atoms with E-state index in [1.807, 2.05) is 12.1 Å². The van der Waals surface area contributed by atoms with E-state index in [1.54, 1.807) is 0 Å². The summed E-state index contributed by atoms with van der Waals surface area (Å²) in [5.41, 5.74) is 7.80. The van der Waals surface area contributed by atoms with E-state index in [1.165, 1.54) is 5.56 Å². The van der Waals surface area contributed by atoms with Crippen LogP contribution >= 0.6 is 0 Å². The first-order valence-corrected chi connectivity index (χ1v) is 7.59. The highest BCUT2D eigenvalue weighted by Gasteiger charge is 2.31. The molecule has 0 saturated heterocycles. The highest BCUT2D eigenvalue weighted by molar-refractivity contribution is 7.93. The van der Waals surface area contributed by atoms with Gasteiger partial charge in [-0.05, 0) is 51.3 Å². The Labute approximate surface area is 108 Å². The van der Waals surface area contributed by atoms with Gasteiger partial charge in [0.2, 0.25) is 0 Å². The van der Waals surface area contributed by atoms with Gasteiger partial charge in [-0.1, -0.05) is 12.1 Å². The minimum absolute atomic E-state index is 0.0311. The summed E-state index contributed by atoms with van der Waals surface area (Å²) in [6, 6.07) is 8.08. The maximum Gasteiger partial charge on any atom is 0.152 e. The largest absolute Gasteiger partial charge is 0.399 e. The van der Waals surface area contributed by atoms with E-state index in [0.717, 1.165) is 25.1 Å². The van der Waals surface area contributed by atoms with Crippen molar-refractivity contribution in [2.45, 2.75) is 38.4 Å². The molecule has 0 aliphatic rings. The quantitative estimate of drug-likeness (QED) is 0.497. The maximum atomic E-state index is 5.85. The van der Waals surface area contributed by atoms with Crippen LogP contribution in [-0.2, 0) is 21.8 Å². The lowest BCUT2D eigenvalue weighted by atomic mass is 10.1. The SMILES string of the molecule is C[S+](OCCCc1ccc(N)cc1)C(C)(C)C. The van der Waals surface area contributed by atoms with E-state index < -0.39 is 0 Å². The molecular weight excluding hydrogens is 230 g/mol. The minimum atomic E-state index is 0.0311. The highest BCUT2D eigenvalue weighted by atomic mass is 32.2. The Morgan fingerprint density at radius 1 is 1.18 bits per heavy atom. The average Bonchev–Trinajstić information content (AvgIpc) is 2.25. The van der Waals surface area contributed by atoms with Crippen molar-refractivity contribution in [2.24, 2.45) is 0 Å². The summed E-state index contributed by atoms with van der Waals surface area (Å²) >= 11 is 0.0311. The number of nitrogens with two attached hydrogens (primary N) is 1. The molecule has 0 fully saturated rings. The second-order valence-corrected chi connectivity index (χ2v) is 7.60. The number of hydrogen-bond acceptors (Lipinski definition) is 2. The molecule has 2 N–H and O–H groups in total. The van der Waals surface area contributed by atoms with Gasteiger partial charge in [0.1, 0.15) is 24.0 Å². The van der Waals surface area contributed by atoms with Crippen LogP contribution in [0.2, 0.25) is 0 Å². The maximum absolute atomic E-state index is 5.85. The zero-order valence-corrected chi connectivity index (χ0v) is 12.1. The zero-order chi connectivity index (χ0) is 12.9. The Morgan fingerprint density at radius 3 is 2.29 bits per heavy atom. The standard InChI is InChI=1S/C14H24NOS/c1-14(2,3)17(4)16-11-5-6-12-7-9-13(15)10-8-12/h7-10H,5-6,11,15H2,1-4H3/q+1. The topological polar surface area (TPSA) is 35.2 Å². The fourth-order valence-corrected chi connectivity index (χ4v) is 2.04. The molecule has 0 spiro atoms. The van der Waals surface area contributed by atoms with E-state index in [-0.39, 0.29) is 15.9 Å². The van der Waals surface area contributed by atoms with Gasteiger partial charge in [-0.2, -0.15) is 4.18 Å². The smallest absolute Gasteiger partial charge is 0.152 e. The van der Waals surface area contributed by atoms with Crippen molar-refractivity contribution in [3.63, 3.8) is 0 Å². The molecule has 2 nitrogen and oxygen atoms in total. The van der Waals surface area contributed by atoms with Crippen LogP contribution in [0.3, 0.4) is 0 Å². The second kappa shape index (κ2) is 6.31. The van der Waals surface area contributed by atoms with Crippen molar-refractivity contribution in [1.82, 2.24) is 0 Å². The predicted molar refractivity (Wildman–Crippen MR) is 78.2 cm³/mol. The Kier molecular flexibility index (Phi) is 5.34. The van der Waals surface area contributed by atoms with E-state index in [4.69, 9.17) is 9.92 Å². The van der Waals surface area contributed by atoms with E-state index >= 15 is 0 Å². The van der Waals surface area contributed by atoms with Crippen molar-refractivity contribution in [3.05, 3.63) is 29.8 Å². The molecule has 0 bridgehead atoms. The monoisotopic (exact) mass is 254 g/mol. The Balaban J connectivity index is 2.23. The van der Waals surface area contributed by atoms with Crippen LogP contribution in [0.1, 0.15) is 32.8 Å². The molecule has 1 rings (SSSR count). The second-order valence-electron chi connectivity index (χ2n) is 5.23. The minimum Gasteiger partial charge on any atom is -0.399 e. The molecule has 1 aromatic rings. The van der Waals surface area contributed by atoms with Gasteiger partial charge in [0.25, 0.3) is 0 Å². The van der Waals surface area contributed by atoms with Gasteiger partial charge in [-0.25, -0.2) is 0 Å². The van der Waals surface area contributed by atoms with Crippen molar-refractivity contribution >= 4 is 16.9 Å². The number of aryl methyl sites for hydroxylation is 1. The molecule has 0 aliphatic heterocycles. The van der Waals surface area contributed by atoms with Gasteiger partial charge < -0.3 is 5.73 Å². The molecule has 96 valence electrons. The summed E-state index contributed by atoms with van der Waals surface area (Å²) < 4.78 is 6.11. The molecule has 17 heavy (non-hydrogen) atoms. The first kappa shape index (κ1) is 14.4. The van der Waals surface area contributed by atoms with Crippen molar-refractivity contribution < 1.29 is 4.18 Å². The van der Waals surface area contributed by atoms with Gasteiger partial charge in [0, 0.05) is 5.69 Å². The van der Waals surface area contributed by atoms with Crippen molar-refractivity contribution in [3.8, 4) is 0 Å². The number of rotatable bonds is 5. The Hall–Kier alpha value is -0.670. The summed E-state index contributed by atoms with van der Waals surface area (Å²) in [6.45, 7) is 7.49.